The van der Waals surface area contributed by atoms with Crippen LogP contribution in [0.1, 0.15) is 20.3 Å². The average Bonchev–Trinajstić information content (AvgIpc) is 1.60. The summed E-state index contributed by atoms with van der Waals surface area (Å²) in [5.41, 5.74) is 0. The third kappa shape index (κ3) is 3100. The first-order valence-electron chi connectivity index (χ1n) is 2.64. The molecular weight excluding hydrogens is 400 g/mol. The SMILES string of the molecule is CCC.O=C([O-])[O-].O=C([O-])[O-].[Pu]. The van der Waals surface area contributed by atoms with Crippen LogP contribution >= 0.6 is 0 Å². The Morgan fingerprint density at radius 3 is 0.917 bits per heavy atom. The van der Waals surface area contributed by atoms with Crippen LogP contribution in [0, 0.1) is 29.2 Å². The van der Waals surface area contributed by atoms with E-state index in [9.17, 15) is 0 Å². The molecule has 0 aromatic carbocycles. The topological polar surface area (TPSA) is 126 Å². The maximum Gasteiger partial charge on any atom is 0 e. The van der Waals surface area contributed by atoms with E-state index in [0.717, 1.165) is 0 Å². The second kappa shape index (κ2) is 22.4. The third-order valence-electron chi connectivity index (χ3n) is 0. The van der Waals surface area contributed by atoms with E-state index < -0.39 is 12.3 Å². The molecule has 0 fully saturated rings. The van der Waals surface area contributed by atoms with E-state index in [1.165, 1.54) is 6.42 Å². The Kier molecular flexibility index (Phi) is 42.1. The van der Waals surface area contributed by atoms with Gasteiger partial charge in [-0.15, -0.1) is 0 Å². The molecule has 0 saturated heterocycles. The van der Waals surface area contributed by atoms with E-state index >= 15 is 0 Å². The molecule has 0 radical (unpaired) electrons. The van der Waals surface area contributed by atoms with E-state index in [0.29, 0.717) is 0 Å². The van der Waals surface area contributed by atoms with Crippen LogP contribution in [0.2, 0.25) is 0 Å². The Balaban J connectivity index is -0.0000000389. The number of hydrogen-bond acceptors (Lipinski definition) is 6. The van der Waals surface area contributed by atoms with Crippen molar-refractivity contribution < 1.29 is 59.2 Å². The van der Waals surface area contributed by atoms with E-state index in [1.807, 2.05) is 0 Å². The van der Waals surface area contributed by atoms with Gasteiger partial charge in [-0.3, -0.25) is 0 Å². The number of carbonyl (C=O) groups is 2. The van der Waals surface area contributed by atoms with Crippen molar-refractivity contribution in [2.75, 3.05) is 0 Å². The molecule has 7 heteroatoms. The van der Waals surface area contributed by atoms with Crippen molar-refractivity contribution in [2.45, 2.75) is 20.3 Å². The zero-order valence-corrected chi connectivity index (χ0v) is 9.96. The van der Waals surface area contributed by atoms with Crippen molar-refractivity contribution in [1.29, 1.82) is 0 Å². The van der Waals surface area contributed by atoms with Gasteiger partial charge in [0.1, 0.15) is 0 Å². The molecule has 0 N–H and O–H groups in total. The number of hydrogen-bond donors (Lipinski definition) is 0. The predicted molar refractivity (Wildman–Crippen MR) is 26.8 cm³/mol. The minimum atomic E-state index is -2.33. The summed E-state index contributed by atoms with van der Waals surface area (Å²) in [6.45, 7) is 4.25. The molecule has 0 spiro atoms. The first-order valence-corrected chi connectivity index (χ1v) is 2.64. The van der Waals surface area contributed by atoms with Gasteiger partial charge in [0.15, 0.2) is 0 Å². The van der Waals surface area contributed by atoms with Gasteiger partial charge in [0.25, 0.3) is 0 Å². The van der Waals surface area contributed by atoms with Crippen molar-refractivity contribution in [1.82, 2.24) is 0 Å². The summed E-state index contributed by atoms with van der Waals surface area (Å²) in [6.07, 6.45) is -3.42. The van der Waals surface area contributed by atoms with Crippen molar-refractivity contribution >= 4 is 12.3 Å². The van der Waals surface area contributed by atoms with Crippen LogP contribution < -0.4 is 20.4 Å². The molecule has 0 rings (SSSR count). The van der Waals surface area contributed by atoms with Crippen LogP contribution in [0.4, 0.5) is 9.59 Å². The minimum absolute atomic E-state index is 0. The molecule has 0 aliphatic rings. The van der Waals surface area contributed by atoms with Crippen LogP contribution in [-0.4, -0.2) is 12.3 Å². The molecule has 0 aromatic rings. The van der Waals surface area contributed by atoms with Gasteiger partial charge in [-0.1, -0.05) is 20.3 Å². The summed E-state index contributed by atoms with van der Waals surface area (Å²) in [5.74, 6) is 0. The summed E-state index contributed by atoms with van der Waals surface area (Å²) < 4.78 is 0. The summed E-state index contributed by atoms with van der Waals surface area (Å²) in [7, 11) is 0. The van der Waals surface area contributed by atoms with Gasteiger partial charge in [0, 0.05) is 29.2 Å². The average molecular weight is 408 g/mol. The van der Waals surface area contributed by atoms with Crippen LogP contribution in [0.5, 0.6) is 0 Å². The second-order valence-electron chi connectivity index (χ2n) is 1.21. The Labute approximate surface area is 91.8 Å². The molecule has 0 unspecified atom stereocenters. The van der Waals surface area contributed by atoms with Crippen LogP contribution in [0.15, 0.2) is 0 Å². The van der Waals surface area contributed by atoms with Gasteiger partial charge in [-0.2, -0.15) is 0 Å². The van der Waals surface area contributed by atoms with Crippen molar-refractivity contribution in [3.8, 4) is 0 Å². The van der Waals surface area contributed by atoms with Crippen LogP contribution in [-0.2, 0) is 0 Å². The fourth-order valence-electron chi connectivity index (χ4n) is 0. The van der Waals surface area contributed by atoms with E-state index in [4.69, 9.17) is 30.0 Å². The van der Waals surface area contributed by atoms with Crippen molar-refractivity contribution in [3.63, 3.8) is 0 Å². The minimum Gasteiger partial charge on any atom is -0.652 e. The fraction of sp³-hybridized carbons (Fsp3) is 0.600. The van der Waals surface area contributed by atoms with Gasteiger partial charge >= 0.3 is 0 Å². The zero-order valence-electron chi connectivity index (χ0n) is 6.56. The van der Waals surface area contributed by atoms with E-state index in [2.05, 4.69) is 13.8 Å². The van der Waals surface area contributed by atoms with E-state index in [-0.39, 0.29) is 29.2 Å². The van der Waals surface area contributed by atoms with Crippen molar-refractivity contribution in [3.05, 3.63) is 0 Å². The molecule has 6 nitrogen and oxygen atoms in total. The quantitative estimate of drug-likeness (QED) is 0.410. The number of carbonyl (C=O) groups excluding carboxylic acids is 2. The standard InChI is InChI=1S/C3H8.2CH2O3.Pu/c1-3-2;2*2-1(3)4;/h3H2,1-2H3;2*(H2,2,3,4);/p-4. The van der Waals surface area contributed by atoms with Gasteiger partial charge in [-0.05, 0) is 12.3 Å². The predicted octanol–water partition coefficient (Wildman–Crippen LogP) is -3.48. The maximum absolute atomic E-state index is 8.33. The first kappa shape index (κ1) is 22.5. The number of rotatable bonds is 0. The molecule has 0 heterocycles. The Morgan fingerprint density at radius 2 is 0.917 bits per heavy atom. The van der Waals surface area contributed by atoms with Crippen LogP contribution in [0.3, 0.4) is 0 Å². The molecule has 12 heavy (non-hydrogen) atoms. The maximum atomic E-state index is 8.33. The Bertz CT molecular complexity index is 84.1. The van der Waals surface area contributed by atoms with Crippen molar-refractivity contribution in [2.24, 2.45) is 0 Å². The molecule has 0 saturated carbocycles. The molecule has 74 valence electrons. The second-order valence-corrected chi connectivity index (χ2v) is 1.21. The van der Waals surface area contributed by atoms with Gasteiger partial charge in [-0.25, -0.2) is 0 Å². The molecule has 0 atom stereocenters. The first-order chi connectivity index (χ1) is 4.88. The zero-order chi connectivity index (χ0) is 9.86. The summed E-state index contributed by atoms with van der Waals surface area (Å²) in [4.78, 5) is 16.7. The molecule has 0 bridgehead atoms. The summed E-state index contributed by atoms with van der Waals surface area (Å²) in [6, 6.07) is 0. The molecular formula is C5H8O6Pu-4. The number of carboxylic acid groups (broad SMARTS) is 4. The van der Waals surface area contributed by atoms with Gasteiger partial charge in [0.2, 0.25) is 0 Å². The largest absolute Gasteiger partial charge is 0.652 e. The molecule has 0 aliphatic heterocycles. The van der Waals surface area contributed by atoms with Gasteiger partial charge in [0.05, 0.1) is 0 Å². The monoisotopic (exact) mass is 402 g/mol. The normalized spacial score (nSPS) is 5.50. The third-order valence-corrected chi connectivity index (χ3v) is 0. The molecule has 0 aromatic heterocycles. The Morgan fingerprint density at radius 1 is 0.917 bits per heavy atom. The summed E-state index contributed by atoms with van der Waals surface area (Å²) >= 11 is 0. The van der Waals surface area contributed by atoms with Crippen LogP contribution in [0.25, 0.3) is 0 Å². The summed E-state index contributed by atoms with van der Waals surface area (Å²) in [5, 5.41) is 33.3. The van der Waals surface area contributed by atoms with E-state index in [1.54, 1.807) is 0 Å². The smallest absolute Gasteiger partial charge is 0 e. The molecule has 0 amide bonds. The Hall–Kier alpha value is -0.473. The van der Waals surface area contributed by atoms with Gasteiger partial charge < -0.3 is 30.0 Å². The molecule has 0 aliphatic carbocycles. The fourth-order valence-corrected chi connectivity index (χ4v) is 0.